The van der Waals surface area contributed by atoms with Crippen molar-refractivity contribution < 1.29 is 24.3 Å². The third-order valence-corrected chi connectivity index (χ3v) is 2.20. The number of hydrogen-bond acceptors (Lipinski definition) is 6. The van der Waals surface area contributed by atoms with Crippen molar-refractivity contribution in [3.05, 3.63) is 27.8 Å². The zero-order valence-corrected chi connectivity index (χ0v) is 9.79. The lowest BCUT2D eigenvalue weighted by atomic mass is 10.1. The highest BCUT2D eigenvalue weighted by molar-refractivity contribution is 5.83. The summed E-state index contributed by atoms with van der Waals surface area (Å²) in [4.78, 5) is 20.8. The molecule has 1 rings (SSSR count). The first kappa shape index (κ1) is 13.9. The smallest absolute Gasteiger partial charge is 0.283 e. The molecule has 0 saturated carbocycles. The highest BCUT2D eigenvalue weighted by Gasteiger charge is 2.19. The summed E-state index contributed by atoms with van der Waals surface area (Å²) < 4.78 is 10.2. The van der Waals surface area contributed by atoms with Gasteiger partial charge in [0.25, 0.3) is 5.69 Å². The van der Waals surface area contributed by atoms with Gasteiger partial charge in [0, 0.05) is 19.1 Å². The van der Waals surface area contributed by atoms with Gasteiger partial charge in [-0.15, -0.1) is 0 Å². The Morgan fingerprint density at radius 3 is 2.67 bits per heavy atom. The minimum atomic E-state index is -0.665. The van der Waals surface area contributed by atoms with Crippen LogP contribution >= 0.6 is 0 Å². The van der Waals surface area contributed by atoms with Crippen molar-refractivity contribution in [1.29, 1.82) is 0 Å². The van der Waals surface area contributed by atoms with Crippen molar-refractivity contribution in [1.82, 2.24) is 0 Å². The Morgan fingerprint density at radius 1 is 1.44 bits per heavy atom. The molecule has 0 fully saturated rings. The van der Waals surface area contributed by atoms with Crippen LogP contribution in [-0.4, -0.2) is 36.6 Å². The van der Waals surface area contributed by atoms with Gasteiger partial charge >= 0.3 is 0 Å². The van der Waals surface area contributed by atoms with Crippen molar-refractivity contribution in [3.8, 4) is 11.5 Å². The summed E-state index contributed by atoms with van der Waals surface area (Å²) in [6.45, 7) is 0.154. The van der Waals surface area contributed by atoms with Gasteiger partial charge in [-0.2, -0.15) is 0 Å². The van der Waals surface area contributed by atoms with Crippen LogP contribution < -0.4 is 9.47 Å². The molecule has 0 unspecified atom stereocenters. The molecule has 0 amide bonds. The first-order chi connectivity index (χ1) is 8.63. The van der Waals surface area contributed by atoms with E-state index < -0.39 is 4.92 Å². The molecule has 7 heteroatoms. The molecular weight excluding hydrogens is 242 g/mol. The molecule has 0 aliphatic rings. The molecule has 7 nitrogen and oxygen atoms in total. The summed E-state index contributed by atoms with van der Waals surface area (Å²) >= 11 is 0. The van der Waals surface area contributed by atoms with Gasteiger partial charge in [-0.1, -0.05) is 0 Å². The van der Waals surface area contributed by atoms with E-state index in [1.165, 1.54) is 13.2 Å². The van der Waals surface area contributed by atoms with Crippen LogP contribution in [0.3, 0.4) is 0 Å². The van der Waals surface area contributed by atoms with E-state index in [-0.39, 0.29) is 36.0 Å². The maximum Gasteiger partial charge on any atom is 0.283 e. The normalized spacial score (nSPS) is 9.89. The van der Waals surface area contributed by atoms with Crippen molar-refractivity contribution in [2.45, 2.75) is 6.42 Å². The molecule has 0 saturated heterocycles. The molecule has 0 spiro atoms. The second kappa shape index (κ2) is 6.55. The number of benzene rings is 1. The molecule has 0 bridgehead atoms. The van der Waals surface area contributed by atoms with Crippen LogP contribution in [0.25, 0.3) is 0 Å². The number of ether oxygens (including phenoxy) is 2. The highest BCUT2D eigenvalue weighted by atomic mass is 16.6. The molecule has 0 heterocycles. The lowest BCUT2D eigenvalue weighted by Gasteiger charge is -2.10. The number of methoxy groups -OCH3 is 1. The van der Waals surface area contributed by atoms with E-state index in [2.05, 4.69) is 0 Å². The van der Waals surface area contributed by atoms with Crippen molar-refractivity contribution in [2.24, 2.45) is 0 Å². The second-order valence-corrected chi connectivity index (χ2v) is 3.36. The second-order valence-electron chi connectivity index (χ2n) is 3.36. The number of aliphatic hydroxyl groups excluding tert-OH is 1. The van der Waals surface area contributed by atoms with Crippen molar-refractivity contribution >= 4 is 12.0 Å². The molecular formula is C11H13NO6. The largest absolute Gasteiger partial charge is 0.493 e. The molecule has 1 aromatic rings. The van der Waals surface area contributed by atoms with Gasteiger partial charge in [0.2, 0.25) is 0 Å². The predicted octanol–water partition coefficient (Wildman–Crippen LogP) is 1.18. The summed E-state index contributed by atoms with van der Waals surface area (Å²) in [5.74, 6) is 0.406. The number of carbonyl (C=O) groups excluding carboxylic acids is 1. The van der Waals surface area contributed by atoms with Crippen LogP contribution in [0.2, 0.25) is 0 Å². The number of aliphatic hydroxyl groups is 1. The number of aldehydes is 1. The van der Waals surface area contributed by atoms with Gasteiger partial charge < -0.3 is 14.6 Å². The van der Waals surface area contributed by atoms with Crippen molar-refractivity contribution in [3.63, 3.8) is 0 Å². The molecule has 18 heavy (non-hydrogen) atoms. The first-order valence-electron chi connectivity index (χ1n) is 5.19. The molecule has 0 atom stereocenters. The Balaban J connectivity index is 3.10. The summed E-state index contributed by atoms with van der Waals surface area (Å²) in [6, 6.07) is 2.39. The zero-order valence-electron chi connectivity index (χ0n) is 9.79. The molecule has 0 aromatic heterocycles. The average molecular weight is 255 g/mol. The Bertz CT molecular complexity index is 445. The van der Waals surface area contributed by atoms with Gasteiger partial charge in [0.15, 0.2) is 17.8 Å². The fourth-order valence-electron chi connectivity index (χ4n) is 1.34. The number of carbonyl (C=O) groups is 1. The van der Waals surface area contributed by atoms with Crippen LogP contribution in [0.5, 0.6) is 11.5 Å². The monoisotopic (exact) mass is 255 g/mol. The third kappa shape index (κ3) is 3.17. The standard InChI is InChI=1S/C11H13NO6/c1-17-10-5-8(7-14)9(12(15)16)6-11(10)18-4-2-3-13/h5-7,13H,2-4H2,1H3. The lowest BCUT2D eigenvalue weighted by Crippen LogP contribution is -2.03. The first-order valence-corrected chi connectivity index (χ1v) is 5.19. The molecule has 1 N–H and O–H groups in total. The molecule has 0 radical (unpaired) electrons. The van der Waals surface area contributed by atoms with Gasteiger partial charge in [-0.25, -0.2) is 0 Å². The van der Waals surface area contributed by atoms with E-state index in [0.717, 1.165) is 6.07 Å². The topological polar surface area (TPSA) is 98.9 Å². The molecule has 0 aliphatic carbocycles. The van der Waals surface area contributed by atoms with Crippen LogP contribution in [0.1, 0.15) is 16.8 Å². The maximum atomic E-state index is 10.8. The van der Waals surface area contributed by atoms with Crippen LogP contribution in [-0.2, 0) is 0 Å². The van der Waals surface area contributed by atoms with Gasteiger partial charge in [0.05, 0.1) is 30.3 Å². The fraction of sp³-hybridized carbons (Fsp3) is 0.364. The van der Waals surface area contributed by atoms with Crippen LogP contribution in [0, 0.1) is 10.1 Å². The average Bonchev–Trinajstić information content (AvgIpc) is 2.38. The summed E-state index contributed by atoms with van der Waals surface area (Å²) in [5, 5.41) is 19.4. The van der Waals surface area contributed by atoms with E-state index in [9.17, 15) is 14.9 Å². The molecule has 1 aromatic carbocycles. The predicted molar refractivity (Wildman–Crippen MR) is 62.2 cm³/mol. The van der Waals surface area contributed by atoms with Gasteiger partial charge in [0.1, 0.15) is 0 Å². The van der Waals surface area contributed by atoms with E-state index in [1.807, 2.05) is 0 Å². The Kier molecular flexibility index (Phi) is 5.06. The van der Waals surface area contributed by atoms with Gasteiger partial charge in [-0.3, -0.25) is 14.9 Å². The number of nitrogens with zero attached hydrogens (tertiary/aromatic N) is 1. The SMILES string of the molecule is COc1cc(C=O)c([N+](=O)[O-])cc1OCCCO. The van der Waals surface area contributed by atoms with Crippen molar-refractivity contribution in [2.75, 3.05) is 20.3 Å². The van der Waals surface area contributed by atoms with Crippen LogP contribution in [0.15, 0.2) is 12.1 Å². The van der Waals surface area contributed by atoms with Crippen LogP contribution in [0.4, 0.5) is 5.69 Å². The highest BCUT2D eigenvalue weighted by Crippen LogP contribution is 2.33. The lowest BCUT2D eigenvalue weighted by molar-refractivity contribution is -0.385. The Labute approximate surface area is 103 Å². The van der Waals surface area contributed by atoms with Gasteiger partial charge in [-0.05, 0) is 0 Å². The Morgan fingerprint density at radius 2 is 2.17 bits per heavy atom. The van der Waals surface area contributed by atoms with E-state index >= 15 is 0 Å². The summed E-state index contributed by atoms with van der Waals surface area (Å²) in [7, 11) is 1.37. The van der Waals surface area contributed by atoms with E-state index in [1.54, 1.807) is 0 Å². The number of nitro benzene ring substituents is 1. The van der Waals surface area contributed by atoms with E-state index in [4.69, 9.17) is 14.6 Å². The minimum absolute atomic E-state index is 0.0448. The minimum Gasteiger partial charge on any atom is -0.493 e. The molecule has 0 aliphatic heterocycles. The summed E-state index contributed by atoms with van der Waals surface area (Å²) in [5.41, 5.74) is -0.420. The molecule has 98 valence electrons. The fourth-order valence-corrected chi connectivity index (χ4v) is 1.34. The maximum absolute atomic E-state index is 10.8. The van der Waals surface area contributed by atoms with E-state index in [0.29, 0.717) is 12.7 Å². The third-order valence-electron chi connectivity index (χ3n) is 2.20. The quantitative estimate of drug-likeness (QED) is 0.340. The Hall–Kier alpha value is -2.15. The number of rotatable bonds is 7. The zero-order chi connectivity index (χ0) is 13.5. The number of nitro groups is 1. The number of hydrogen-bond donors (Lipinski definition) is 1. The summed E-state index contributed by atoms with van der Waals surface area (Å²) in [6.07, 6.45) is 0.782.